The van der Waals surface area contributed by atoms with E-state index in [9.17, 15) is 0 Å². The molecule has 4 atom stereocenters. The zero-order valence-corrected chi connectivity index (χ0v) is 147. The van der Waals surface area contributed by atoms with Crippen molar-refractivity contribution in [2.24, 2.45) is 0 Å². The number of halogens is 34. The molecular formula is C91H114ClI33N3-. The Balaban J connectivity index is 0.000000173. The predicted molar refractivity (Wildman–Crippen MR) is 863 cm³/mol. The fourth-order valence-corrected chi connectivity index (χ4v) is 5680. The van der Waals surface area contributed by atoms with Gasteiger partial charge in [0.1, 0.15) is 0 Å². The van der Waals surface area contributed by atoms with Crippen molar-refractivity contribution in [1.29, 1.82) is 0 Å². The average molecular weight is 5470 g/mol. The van der Waals surface area contributed by atoms with Crippen LogP contribution >= 0.6 is 446 Å². The molecule has 0 spiro atoms. The quantitative estimate of drug-likeness (QED) is 0.0793. The van der Waals surface area contributed by atoms with E-state index in [4.69, 9.17) is 11.6 Å². The van der Waals surface area contributed by atoms with Crippen LogP contribution in [0.15, 0.2) is 146 Å². The van der Waals surface area contributed by atoms with Crippen LogP contribution in [-0.4, -0.2) is 15.6 Å². The summed E-state index contributed by atoms with van der Waals surface area (Å²) in [6.45, 7) is 56.1. The number of fused-ring (bicyclic) bond motifs is 12. The molecule has 0 bridgehead atoms. The number of anilines is 4. The van der Waals surface area contributed by atoms with Crippen LogP contribution in [0.3, 0.4) is 0 Å². The zero-order valence-electron chi connectivity index (χ0n) is 75.4. The maximum atomic E-state index is 6.47. The summed E-state index contributed by atoms with van der Waals surface area (Å²) in [7, 11) is -6.96. The van der Waals surface area contributed by atoms with E-state index < -0.39 is 111 Å². The molecule has 1 aromatic heterocycles. The molecule has 8 aromatic carbocycles. The number of aromatic nitrogens is 1. The van der Waals surface area contributed by atoms with Crippen LogP contribution in [0.4, 0.5) is 22.7 Å². The molecule has 3 aliphatic carbocycles. The summed E-state index contributed by atoms with van der Waals surface area (Å²) in [6.07, 6.45) is 11.2. The Morgan fingerprint density at radius 2 is 0.609 bits per heavy atom. The molecule has 2 aliphatic heterocycles. The van der Waals surface area contributed by atoms with E-state index >= 15 is 0 Å². The third-order valence-corrected chi connectivity index (χ3v) is 2420. The van der Waals surface area contributed by atoms with Gasteiger partial charge in [0.15, 0.2) is 0 Å². The molecule has 128 heavy (non-hydrogen) atoms. The molecule has 732 valence electrons. The van der Waals surface area contributed by atoms with Crippen LogP contribution in [0.25, 0.3) is 38.6 Å². The molecule has 14 rings (SSSR count). The Morgan fingerprint density at radius 3 is 0.945 bits per heavy atom. The van der Waals surface area contributed by atoms with Crippen molar-refractivity contribution in [3.63, 3.8) is 0 Å². The van der Waals surface area contributed by atoms with Crippen molar-refractivity contribution < 1.29 is 13.3 Å². The Bertz CT molecular complexity index is 5310. The second kappa shape index (κ2) is 52.8. The number of aryl methyl sites for hydroxylation is 2. The molecule has 37 heteroatoms. The Kier molecular flexibility index (Phi) is 51.8. The summed E-state index contributed by atoms with van der Waals surface area (Å²) in [4.78, 5) is 5.35. The van der Waals surface area contributed by atoms with Crippen LogP contribution in [0.2, 0.25) is 5.02 Å². The Morgan fingerprint density at radius 1 is 0.320 bits per heavy atom. The second-order valence-electron chi connectivity index (χ2n) is 39.5. The summed E-state index contributed by atoms with van der Waals surface area (Å²) in [5, 5.41) is 3.51. The van der Waals surface area contributed by atoms with Crippen LogP contribution in [0.5, 0.6) is 0 Å². The molecule has 0 N–H and O–H groups in total. The standard InChI is InChI=1S/C45H56N2.C25H32ClN.C21H26.I33/c1-29-23-33(46-38-18-15-30(41(2,3)4)25-35(38)36-26-31(42(5,6)7)16-19-39(36)46)28-34(24-29)47-40-20-17-32(43(8,9)10)27-37(40)44(11)21-13-14-22-45(44,47)12;1-17-13-19(26)16-20(14-17)27-22-10-9-18(23(2,3)4)15-21(22)24(5)11-7-8-12-25(24,27)6;1-20(2,3)16-9-7-14-11-15-8-10-17(21(4,5)6)13-19(15)18(14)12-16;1-18-20(4)22(6)24(8)26(10)28(12)30(14)32(16)33(17)31(15)29(13)27(11)25(9)23(7)21(5)19(2)3/h15-20,23-28H,13-14,21-22H2,1-12H3;9-10,13-16H,7-8,11-12H2,1-6H3;7-10,12-13H,11H2,1-6H3;/q;;;-1. The fraction of sp³-hybridized carbons (Fsp3) is 0.473. The molecular weight excluding hydrogens is 5360 g/mol. The fourth-order valence-electron chi connectivity index (χ4n) is 17.8. The second-order valence-corrected chi connectivity index (χ2v) is 787. The molecule has 0 radical (unpaired) electrons. The third kappa shape index (κ3) is 29.7. The number of nitrogens with zero attached hydrogens (tertiary/aromatic N) is 3. The molecule has 3 heterocycles. The van der Waals surface area contributed by atoms with Gasteiger partial charge in [0.25, 0.3) is 0 Å². The van der Waals surface area contributed by atoms with Crippen LogP contribution in [0, 0.1) is 13.8 Å². The van der Waals surface area contributed by atoms with E-state index in [0.29, 0.717) is 13.3 Å². The number of rotatable bonds is 18. The molecule has 9 aromatic rings. The number of benzene rings is 8. The van der Waals surface area contributed by atoms with E-state index in [-0.39, 0.29) is 62.3 Å². The Hall–Kier alpha value is 17.5. The molecule has 0 saturated heterocycles. The first kappa shape index (κ1) is 126. The molecule has 4 unspecified atom stereocenters. The first-order valence-electron chi connectivity index (χ1n) is 40.8. The van der Waals surface area contributed by atoms with Gasteiger partial charge in [0, 0.05) is 55.1 Å². The molecule has 3 nitrogen and oxygen atoms in total. The normalized spacial score (nSPS) is 20.8. The first-order valence-corrected chi connectivity index (χ1v) is 242. The summed E-state index contributed by atoms with van der Waals surface area (Å²) in [6, 6.07) is 56.8. The molecule has 5 aliphatic rings. The first-order chi connectivity index (χ1) is 59.1. The molecule has 0 amide bonds. The van der Waals surface area contributed by atoms with E-state index in [1.54, 1.807) is 0 Å². The maximum absolute atomic E-state index is 6.47. The molecule has 2 fully saturated rings. The van der Waals surface area contributed by atoms with Gasteiger partial charge in [-0.2, -0.15) is 0 Å². The van der Waals surface area contributed by atoms with Gasteiger partial charge in [0.05, 0.1) is 22.1 Å². The summed E-state index contributed by atoms with van der Waals surface area (Å²) in [5.74, 6) is 0. The topological polar surface area (TPSA) is 11.4 Å². The van der Waals surface area contributed by atoms with Gasteiger partial charge in [-0.15, -0.1) is 0 Å². The minimum absolute atomic E-state index is 0.0131. The number of hydrogen-bond acceptors (Lipinski definition) is 2. The average Bonchev–Trinajstić information content (AvgIpc) is 1.53. The van der Waals surface area contributed by atoms with Crippen molar-refractivity contribution in [3.8, 4) is 16.8 Å². The SMILES string of the molecule is CC(C)(C)c1ccc2c(c1)-c1cc(C(C)(C)C)ccc1C2.Cc1cc(Cl)cc(N2c3ccc(C(C)(C)C)cc3C3(C)CCCCC23C)c1.Cc1cc(N2c3ccc(C(C)(C)C)cc3C3(C)CCCCC23C)cc(-n2c3ccc(C(C)(C)C)cc3c3cc(C(C)(C)C)ccc32)c1.I[I-]I(I)I(I)I(I)I(I)I(I)I(I)I(I)I(I)I(I)I(I)I(I)I(I)I(I)I(I)I(I)I. The van der Waals surface area contributed by atoms with Crippen molar-refractivity contribution in [2.75, 3.05) is 9.80 Å². The monoisotopic (exact) mass is 5470 g/mol. The van der Waals surface area contributed by atoms with Crippen molar-refractivity contribution in [1.82, 2.24) is 4.57 Å². The van der Waals surface area contributed by atoms with Gasteiger partial charge in [-0.05, 0) is 243 Å². The number of hydrogen-bond donors (Lipinski definition) is 0. The van der Waals surface area contributed by atoms with E-state index in [1.807, 2.05) is 6.07 Å². The Labute approximate surface area is 1000 Å². The van der Waals surface area contributed by atoms with Gasteiger partial charge in [-0.25, -0.2) is 0 Å². The predicted octanol–water partition coefficient (Wildman–Crippen LogP) is 51.6. The van der Waals surface area contributed by atoms with Crippen LogP contribution < -0.4 is 23.1 Å². The van der Waals surface area contributed by atoms with Crippen molar-refractivity contribution in [3.05, 3.63) is 217 Å². The van der Waals surface area contributed by atoms with Gasteiger partial charge >= 0.3 is 448 Å². The summed E-state index contributed by atoms with van der Waals surface area (Å²) < 4.78 is 2.53. The molecule has 2 saturated carbocycles. The zero-order chi connectivity index (χ0) is 95.3. The van der Waals surface area contributed by atoms with Gasteiger partial charge in [-0.1, -0.05) is 249 Å². The van der Waals surface area contributed by atoms with Crippen molar-refractivity contribution in [2.45, 2.75) is 278 Å². The third-order valence-electron chi connectivity index (χ3n) is 25.1. The minimum atomic E-state index is -0.502. The van der Waals surface area contributed by atoms with Crippen LogP contribution in [0.1, 0.15) is 270 Å². The van der Waals surface area contributed by atoms with Crippen molar-refractivity contribution >= 4 is 491 Å². The van der Waals surface area contributed by atoms with Gasteiger partial charge in [0.2, 0.25) is 0 Å². The van der Waals surface area contributed by atoms with Crippen LogP contribution in [-0.2, 0) is 49.7 Å². The summed E-state index contributed by atoms with van der Waals surface area (Å²) in [5.41, 5.74) is 30.2. The summed E-state index contributed by atoms with van der Waals surface area (Å²) >= 11 is 61.1. The van der Waals surface area contributed by atoms with Gasteiger partial charge < -0.3 is 14.4 Å². The van der Waals surface area contributed by atoms with Gasteiger partial charge in [-0.3, -0.25) is 0 Å². The van der Waals surface area contributed by atoms with E-state index in [1.165, 1.54) is 179 Å². The van der Waals surface area contributed by atoms with E-state index in [0.717, 1.165) is 11.4 Å². The van der Waals surface area contributed by atoms with E-state index in [2.05, 4.69) is 637 Å².